The fraction of sp³-hybridized carbons (Fsp3) is 0.500. The summed E-state index contributed by atoms with van der Waals surface area (Å²) in [6.07, 6.45) is 0.0180. The van der Waals surface area contributed by atoms with Crippen LogP contribution in [0.15, 0.2) is 18.2 Å². The highest BCUT2D eigenvalue weighted by molar-refractivity contribution is 5.31. The molecule has 1 aromatic rings. The van der Waals surface area contributed by atoms with Crippen LogP contribution in [0.1, 0.15) is 25.3 Å². The summed E-state index contributed by atoms with van der Waals surface area (Å²) in [7, 11) is 0. The van der Waals surface area contributed by atoms with Crippen LogP contribution in [0.4, 0.5) is 4.39 Å². The lowest BCUT2D eigenvalue weighted by molar-refractivity contribution is -0.0809. The molecule has 1 saturated heterocycles. The molecular formula is C12H15FO2. The summed E-state index contributed by atoms with van der Waals surface area (Å²) in [4.78, 5) is 0. The Morgan fingerprint density at radius 3 is 2.60 bits per heavy atom. The van der Waals surface area contributed by atoms with Gasteiger partial charge in [-0.3, -0.25) is 0 Å². The third kappa shape index (κ3) is 2.29. The number of hydrogen-bond donors (Lipinski definition) is 0. The van der Waals surface area contributed by atoms with E-state index in [-0.39, 0.29) is 11.9 Å². The summed E-state index contributed by atoms with van der Waals surface area (Å²) in [6.45, 7) is 5.20. The van der Waals surface area contributed by atoms with Crippen molar-refractivity contribution in [3.05, 3.63) is 29.6 Å². The van der Waals surface area contributed by atoms with Gasteiger partial charge in [-0.1, -0.05) is 19.9 Å². The van der Waals surface area contributed by atoms with Gasteiger partial charge in [-0.15, -0.1) is 0 Å². The van der Waals surface area contributed by atoms with Crippen LogP contribution in [0.3, 0.4) is 0 Å². The van der Waals surface area contributed by atoms with Crippen molar-refractivity contribution in [2.24, 2.45) is 0 Å². The molecule has 2 nitrogen and oxygen atoms in total. The summed E-state index contributed by atoms with van der Waals surface area (Å²) in [5, 5.41) is 0. The Hall–Kier alpha value is -1.09. The second-order valence-electron chi connectivity index (χ2n) is 4.12. The lowest BCUT2D eigenvalue weighted by Gasteiger charge is -2.27. The Kier molecular flexibility index (Phi) is 2.91. The summed E-state index contributed by atoms with van der Waals surface area (Å²) < 4.78 is 23.9. The first-order chi connectivity index (χ1) is 7.16. The molecule has 0 saturated carbocycles. The molecule has 0 bridgehead atoms. The molecule has 0 aromatic heterocycles. The van der Waals surface area contributed by atoms with E-state index in [2.05, 4.69) is 0 Å². The summed E-state index contributed by atoms with van der Waals surface area (Å²) in [5.41, 5.74) is 0.990. The van der Waals surface area contributed by atoms with Crippen LogP contribution >= 0.6 is 0 Å². The van der Waals surface area contributed by atoms with Gasteiger partial charge in [0.15, 0.2) is 11.6 Å². The van der Waals surface area contributed by atoms with Crippen molar-refractivity contribution in [3.8, 4) is 5.75 Å². The Labute approximate surface area is 89.0 Å². The number of rotatable bonds is 3. The van der Waals surface area contributed by atoms with Crippen LogP contribution in [0.5, 0.6) is 5.75 Å². The highest BCUT2D eigenvalue weighted by Gasteiger charge is 2.21. The SMILES string of the molecule is CC(C)c1ccc(OC2COC2)c(F)c1. The van der Waals surface area contributed by atoms with Crippen LogP contribution in [-0.2, 0) is 4.74 Å². The molecule has 0 atom stereocenters. The van der Waals surface area contributed by atoms with E-state index in [0.717, 1.165) is 5.56 Å². The number of halogens is 1. The standard InChI is InChI=1S/C12H15FO2/c1-8(2)9-3-4-12(11(13)5-9)15-10-6-14-7-10/h3-5,8,10H,6-7H2,1-2H3. The average molecular weight is 210 g/mol. The zero-order valence-electron chi connectivity index (χ0n) is 9.00. The van der Waals surface area contributed by atoms with E-state index < -0.39 is 0 Å². The van der Waals surface area contributed by atoms with Gasteiger partial charge < -0.3 is 9.47 Å². The van der Waals surface area contributed by atoms with Gasteiger partial charge in [0.1, 0.15) is 6.10 Å². The van der Waals surface area contributed by atoms with Crippen molar-refractivity contribution in [1.82, 2.24) is 0 Å². The zero-order chi connectivity index (χ0) is 10.8. The minimum atomic E-state index is -0.284. The van der Waals surface area contributed by atoms with E-state index in [9.17, 15) is 4.39 Å². The van der Waals surface area contributed by atoms with E-state index in [1.165, 1.54) is 0 Å². The number of ether oxygens (including phenoxy) is 2. The normalized spacial score (nSPS) is 16.5. The molecule has 1 fully saturated rings. The summed E-state index contributed by atoms with van der Waals surface area (Å²) in [5.74, 6) is 0.376. The van der Waals surface area contributed by atoms with E-state index in [0.29, 0.717) is 24.9 Å². The molecule has 1 aliphatic rings. The van der Waals surface area contributed by atoms with E-state index in [1.54, 1.807) is 12.1 Å². The van der Waals surface area contributed by atoms with Crippen molar-refractivity contribution in [3.63, 3.8) is 0 Å². The van der Waals surface area contributed by atoms with Gasteiger partial charge in [-0.05, 0) is 23.6 Å². The summed E-state index contributed by atoms with van der Waals surface area (Å²) in [6, 6.07) is 5.14. The number of hydrogen-bond acceptors (Lipinski definition) is 2. The highest BCUT2D eigenvalue weighted by atomic mass is 19.1. The Morgan fingerprint density at radius 1 is 1.40 bits per heavy atom. The summed E-state index contributed by atoms with van der Waals surface area (Å²) >= 11 is 0. The van der Waals surface area contributed by atoms with Gasteiger partial charge in [0.05, 0.1) is 13.2 Å². The second kappa shape index (κ2) is 4.19. The lowest BCUT2D eigenvalue weighted by atomic mass is 10.0. The third-order valence-corrected chi connectivity index (χ3v) is 2.52. The van der Waals surface area contributed by atoms with Crippen molar-refractivity contribution >= 4 is 0 Å². The van der Waals surface area contributed by atoms with Crippen LogP contribution in [0.2, 0.25) is 0 Å². The third-order valence-electron chi connectivity index (χ3n) is 2.52. The molecule has 1 aliphatic heterocycles. The van der Waals surface area contributed by atoms with Gasteiger partial charge in [-0.2, -0.15) is 0 Å². The first-order valence-corrected chi connectivity index (χ1v) is 5.20. The molecule has 0 amide bonds. The maximum Gasteiger partial charge on any atom is 0.165 e. The van der Waals surface area contributed by atoms with Gasteiger partial charge in [0.25, 0.3) is 0 Å². The minimum absolute atomic E-state index is 0.0180. The van der Waals surface area contributed by atoms with Crippen LogP contribution < -0.4 is 4.74 Å². The van der Waals surface area contributed by atoms with E-state index >= 15 is 0 Å². The van der Waals surface area contributed by atoms with Gasteiger partial charge in [0, 0.05) is 0 Å². The fourth-order valence-corrected chi connectivity index (χ4v) is 1.43. The zero-order valence-corrected chi connectivity index (χ0v) is 9.00. The molecule has 3 heteroatoms. The lowest BCUT2D eigenvalue weighted by Crippen LogP contribution is -2.38. The number of benzene rings is 1. The van der Waals surface area contributed by atoms with Crippen LogP contribution in [0, 0.1) is 5.82 Å². The molecule has 0 spiro atoms. The van der Waals surface area contributed by atoms with E-state index in [4.69, 9.17) is 9.47 Å². The van der Waals surface area contributed by atoms with Gasteiger partial charge in [-0.25, -0.2) is 4.39 Å². The van der Waals surface area contributed by atoms with E-state index in [1.807, 2.05) is 19.9 Å². The topological polar surface area (TPSA) is 18.5 Å². The molecule has 0 aliphatic carbocycles. The molecule has 2 rings (SSSR count). The maximum absolute atomic E-state index is 13.6. The molecule has 82 valence electrons. The Morgan fingerprint density at radius 2 is 2.13 bits per heavy atom. The van der Waals surface area contributed by atoms with Crippen molar-refractivity contribution in [1.29, 1.82) is 0 Å². The van der Waals surface area contributed by atoms with Crippen molar-refractivity contribution in [2.45, 2.75) is 25.9 Å². The quantitative estimate of drug-likeness (QED) is 0.763. The monoisotopic (exact) mass is 210 g/mol. The van der Waals surface area contributed by atoms with Gasteiger partial charge >= 0.3 is 0 Å². The van der Waals surface area contributed by atoms with Crippen LogP contribution in [-0.4, -0.2) is 19.3 Å². The van der Waals surface area contributed by atoms with Crippen molar-refractivity contribution in [2.75, 3.05) is 13.2 Å². The predicted octanol–water partition coefficient (Wildman–Crippen LogP) is 2.73. The average Bonchev–Trinajstić information content (AvgIpc) is 2.12. The van der Waals surface area contributed by atoms with Crippen molar-refractivity contribution < 1.29 is 13.9 Å². The Bertz CT molecular complexity index is 345. The van der Waals surface area contributed by atoms with Crippen LogP contribution in [0.25, 0.3) is 0 Å². The first kappa shape index (κ1) is 10.4. The highest BCUT2D eigenvalue weighted by Crippen LogP contribution is 2.24. The molecule has 0 unspecified atom stereocenters. The minimum Gasteiger partial charge on any atom is -0.483 e. The smallest absolute Gasteiger partial charge is 0.165 e. The molecule has 1 heterocycles. The van der Waals surface area contributed by atoms with Gasteiger partial charge in [0.2, 0.25) is 0 Å². The first-order valence-electron chi connectivity index (χ1n) is 5.20. The predicted molar refractivity (Wildman–Crippen MR) is 55.7 cm³/mol. The second-order valence-corrected chi connectivity index (χ2v) is 4.12. The molecule has 0 radical (unpaired) electrons. The largest absolute Gasteiger partial charge is 0.483 e. The molecule has 1 aromatic carbocycles. The maximum atomic E-state index is 13.6. The molecule has 15 heavy (non-hydrogen) atoms. The Balaban J connectivity index is 2.11. The molecular weight excluding hydrogens is 195 g/mol. The fourth-order valence-electron chi connectivity index (χ4n) is 1.43. The molecule has 0 N–H and O–H groups in total.